The van der Waals surface area contributed by atoms with E-state index in [-0.39, 0.29) is 0 Å². The third-order valence-corrected chi connectivity index (χ3v) is 3.12. The van der Waals surface area contributed by atoms with E-state index in [9.17, 15) is 0 Å². The van der Waals surface area contributed by atoms with Crippen LogP contribution in [0.4, 0.5) is 0 Å². The third kappa shape index (κ3) is 1.66. The van der Waals surface area contributed by atoms with Gasteiger partial charge in [0.15, 0.2) is 35.1 Å². The molecule has 64 valence electrons. The normalized spacial score (nSPS) is 26.5. The van der Waals surface area contributed by atoms with Gasteiger partial charge in [-0.3, -0.25) is 0 Å². The van der Waals surface area contributed by atoms with Crippen LogP contribution in [0.5, 0.6) is 0 Å². The van der Waals surface area contributed by atoms with Gasteiger partial charge in [-0.1, -0.05) is 4.68 Å². The number of hydrazone groups is 1. The van der Waals surface area contributed by atoms with E-state index in [2.05, 4.69) is 69.9 Å². The Kier molecular flexibility index (Phi) is 2.74. The first kappa shape index (κ1) is 9.25. The Balaban J connectivity index is 2.75. The summed E-state index contributed by atoms with van der Waals surface area (Å²) in [4.78, 5) is 0. The lowest BCUT2D eigenvalue weighted by Gasteiger charge is -2.18. The lowest BCUT2D eigenvalue weighted by atomic mass is 10.3. The molecule has 0 spiro atoms. The topological polar surface area (TPSA) is 9.49 Å². The summed E-state index contributed by atoms with van der Waals surface area (Å²) in [6.45, 7) is 6.57. The molecule has 0 aromatic rings. The van der Waals surface area contributed by atoms with Crippen molar-refractivity contribution in [3.05, 3.63) is 0 Å². The molecular formula is C7H15IN3+. The van der Waals surface area contributed by atoms with Gasteiger partial charge in [-0.2, -0.15) is 5.01 Å². The summed E-state index contributed by atoms with van der Waals surface area (Å²) < 4.78 is 4.35. The van der Waals surface area contributed by atoms with Gasteiger partial charge in [-0.05, 0) is 24.1 Å². The van der Waals surface area contributed by atoms with Crippen molar-refractivity contribution in [2.75, 3.05) is 7.05 Å². The lowest BCUT2D eigenvalue weighted by Crippen LogP contribution is -2.37. The minimum absolute atomic E-state index is 0.509. The second-order valence-electron chi connectivity index (χ2n) is 3.18. The molecule has 3 nitrogen and oxygen atoms in total. The molecule has 0 radical (unpaired) electrons. The molecule has 4 heteroatoms. The van der Waals surface area contributed by atoms with Crippen molar-refractivity contribution in [3.63, 3.8) is 0 Å². The second-order valence-corrected chi connectivity index (χ2v) is 4.04. The van der Waals surface area contributed by atoms with Crippen molar-refractivity contribution >= 4 is 29.1 Å². The van der Waals surface area contributed by atoms with Crippen LogP contribution in [-0.2, 0) is 0 Å². The Morgan fingerprint density at radius 3 is 2.27 bits per heavy atom. The van der Waals surface area contributed by atoms with Crippen molar-refractivity contribution in [1.29, 1.82) is 0 Å². The molecule has 0 saturated carbocycles. The number of nitrogens with zero attached hydrogens (tertiary/aromatic N) is 3. The molecule has 0 bridgehead atoms. The fraction of sp³-hybridized carbons (Fsp3) is 0.857. The van der Waals surface area contributed by atoms with E-state index in [0.29, 0.717) is 12.1 Å². The Hall–Kier alpha value is 0.160. The first-order chi connectivity index (χ1) is 5.04. The molecule has 1 atom stereocenters. The smallest absolute Gasteiger partial charge is 0.152 e. The molecule has 11 heavy (non-hydrogen) atoms. The van der Waals surface area contributed by atoms with Crippen molar-refractivity contribution < 1.29 is 4.68 Å². The van der Waals surface area contributed by atoms with Gasteiger partial charge in [-0.25, -0.2) is 0 Å². The summed E-state index contributed by atoms with van der Waals surface area (Å²) in [6, 6.07) is 1.05. The summed E-state index contributed by atoms with van der Waals surface area (Å²) in [7, 11) is 2.09. The Morgan fingerprint density at radius 1 is 1.55 bits per heavy atom. The zero-order valence-corrected chi connectivity index (χ0v) is 9.61. The van der Waals surface area contributed by atoms with Crippen molar-refractivity contribution in [2.24, 2.45) is 0 Å². The van der Waals surface area contributed by atoms with Gasteiger partial charge < -0.3 is 0 Å². The highest BCUT2D eigenvalue weighted by Crippen LogP contribution is 2.15. The number of halogens is 1. The predicted molar refractivity (Wildman–Crippen MR) is 54.5 cm³/mol. The van der Waals surface area contributed by atoms with E-state index in [1.807, 2.05) is 0 Å². The van der Waals surface area contributed by atoms with Crippen LogP contribution in [0.1, 0.15) is 20.8 Å². The summed E-state index contributed by atoms with van der Waals surface area (Å²) in [5.74, 6) is 0. The van der Waals surface area contributed by atoms with Crippen LogP contribution < -0.4 is 0 Å². The standard InChI is InChI=1S/C7H15IN3/c1-6(2)10-5-7(3)9(4)11(10)8/h5-7H,1-4H3/q+1. The maximum absolute atomic E-state index is 2.30. The molecular weight excluding hydrogens is 253 g/mol. The zero-order chi connectivity index (χ0) is 8.59. The number of rotatable bonds is 1. The zero-order valence-electron chi connectivity index (χ0n) is 7.45. The Labute approximate surface area is 82.1 Å². The first-order valence-electron chi connectivity index (χ1n) is 3.86. The first-order valence-corrected chi connectivity index (χ1v) is 4.82. The molecule has 0 N–H and O–H groups in total. The van der Waals surface area contributed by atoms with Gasteiger partial charge in [0, 0.05) is 7.05 Å². The van der Waals surface area contributed by atoms with Crippen molar-refractivity contribution in [1.82, 2.24) is 8.34 Å². The molecule has 0 saturated heterocycles. The fourth-order valence-corrected chi connectivity index (χ4v) is 2.08. The van der Waals surface area contributed by atoms with E-state index in [4.69, 9.17) is 0 Å². The van der Waals surface area contributed by atoms with Gasteiger partial charge in [-0.15, -0.1) is 0 Å². The summed E-state index contributed by atoms with van der Waals surface area (Å²) >= 11 is 2.30. The lowest BCUT2D eigenvalue weighted by molar-refractivity contribution is -0.686. The maximum Gasteiger partial charge on any atom is 0.191 e. The molecule has 1 unspecified atom stereocenters. The van der Waals surface area contributed by atoms with Crippen LogP contribution in [0, 0.1) is 0 Å². The molecule has 0 aromatic carbocycles. The van der Waals surface area contributed by atoms with Gasteiger partial charge in [0.05, 0.1) is 0 Å². The average molecular weight is 268 g/mol. The fourth-order valence-electron chi connectivity index (χ4n) is 1.05. The quantitative estimate of drug-likeness (QED) is 0.403. The molecule has 0 aromatic heterocycles. The number of hydrazine groups is 2. The molecule has 1 aliphatic rings. The van der Waals surface area contributed by atoms with Gasteiger partial charge in [0.1, 0.15) is 6.04 Å². The van der Waals surface area contributed by atoms with Gasteiger partial charge in [0.25, 0.3) is 0 Å². The van der Waals surface area contributed by atoms with E-state index >= 15 is 0 Å². The number of hydrogen-bond donors (Lipinski definition) is 0. The van der Waals surface area contributed by atoms with Gasteiger partial charge in [0.2, 0.25) is 0 Å². The highest BCUT2D eigenvalue weighted by Gasteiger charge is 2.33. The molecule has 1 aliphatic heterocycles. The van der Waals surface area contributed by atoms with Crippen molar-refractivity contribution in [3.8, 4) is 0 Å². The van der Waals surface area contributed by atoms with E-state index in [1.54, 1.807) is 0 Å². The van der Waals surface area contributed by atoms with Gasteiger partial charge >= 0.3 is 0 Å². The van der Waals surface area contributed by atoms with Crippen LogP contribution in [0.25, 0.3) is 0 Å². The molecule has 0 amide bonds. The van der Waals surface area contributed by atoms with E-state index < -0.39 is 0 Å². The van der Waals surface area contributed by atoms with E-state index in [0.717, 1.165) is 0 Å². The largest absolute Gasteiger partial charge is 0.191 e. The van der Waals surface area contributed by atoms with E-state index in [1.165, 1.54) is 0 Å². The summed E-state index contributed by atoms with van der Waals surface area (Å²) in [5.41, 5.74) is 0. The molecule has 0 aliphatic carbocycles. The highest BCUT2D eigenvalue weighted by atomic mass is 127. The summed E-state index contributed by atoms with van der Waals surface area (Å²) in [5, 5.41) is 2.19. The molecule has 0 fully saturated rings. The SMILES string of the molecule is CC1C=[N+](C(C)C)N(I)N1C. The maximum atomic E-state index is 2.30. The molecule has 1 heterocycles. The van der Waals surface area contributed by atoms with Crippen molar-refractivity contribution in [2.45, 2.75) is 32.9 Å². The van der Waals surface area contributed by atoms with Crippen LogP contribution in [0.2, 0.25) is 0 Å². The summed E-state index contributed by atoms with van der Waals surface area (Å²) in [6.07, 6.45) is 2.23. The van der Waals surface area contributed by atoms with Crippen LogP contribution in [0.3, 0.4) is 0 Å². The van der Waals surface area contributed by atoms with Crippen LogP contribution in [0.15, 0.2) is 0 Å². The predicted octanol–water partition coefficient (Wildman–Crippen LogP) is 1.29. The Bertz CT molecular complexity index is 179. The Morgan fingerprint density at radius 2 is 2.09 bits per heavy atom. The van der Waals surface area contributed by atoms with Crippen LogP contribution >= 0.6 is 22.9 Å². The highest BCUT2D eigenvalue weighted by molar-refractivity contribution is 14.1. The monoisotopic (exact) mass is 268 g/mol. The second kappa shape index (κ2) is 3.26. The average Bonchev–Trinajstić information content (AvgIpc) is 2.17. The minimum atomic E-state index is 0.509. The minimum Gasteiger partial charge on any atom is -0.152 e. The number of hydrogen-bond acceptors (Lipinski definition) is 2. The molecule has 1 rings (SSSR count). The third-order valence-electron chi connectivity index (χ3n) is 1.94. The van der Waals surface area contributed by atoms with Crippen LogP contribution in [-0.4, -0.2) is 38.4 Å².